The van der Waals surface area contributed by atoms with Gasteiger partial charge in [-0.15, -0.1) is 0 Å². The van der Waals surface area contributed by atoms with E-state index in [1.165, 1.54) is 12.8 Å². The van der Waals surface area contributed by atoms with Gasteiger partial charge in [0.25, 0.3) is 0 Å². The Kier molecular flexibility index (Phi) is 3.67. The van der Waals surface area contributed by atoms with Gasteiger partial charge in [0, 0.05) is 22.4 Å². The number of aryl methyl sites for hydroxylation is 1. The van der Waals surface area contributed by atoms with Crippen molar-refractivity contribution < 1.29 is 0 Å². The molecule has 0 atom stereocenters. The van der Waals surface area contributed by atoms with Crippen LogP contribution < -0.4 is 4.90 Å². The summed E-state index contributed by atoms with van der Waals surface area (Å²) in [5.74, 6) is 1.11. The van der Waals surface area contributed by atoms with Crippen molar-refractivity contribution in [1.29, 1.82) is 0 Å². The third kappa shape index (κ3) is 2.72. The zero-order valence-electron chi connectivity index (χ0n) is 8.71. The molecule has 0 aromatic carbocycles. The van der Waals surface area contributed by atoms with Gasteiger partial charge in [-0.25, -0.2) is 4.98 Å². The zero-order valence-corrected chi connectivity index (χ0v) is 11.9. The van der Waals surface area contributed by atoms with Crippen LogP contribution in [0.3, 0.4) is 0 Å². The molecule has 0 amide bonds. The van der Waals surface area contributed by atoms with Crippen LogP contribution in [0.4, 0.5) is 5.82 Å². The number of aromatic nitrogens is 1. The Morgan fingerprint density at radius 1 is 1.47 bits per heavy atom. The molecule has 0 unspecified atom stereocenters. The molecule has 2 rings (SSSR count). The first-order valence-corrected chi connectivity index (χ1v) is 7.09. The number of alkyl halides is 1. The Labute approximate surface area is 107 Å². The molecule has 1 heterocycles. The predicted octanol–water partition coefficient (Wildman–Crippen LogP) is 3.52. The smallest absolute Gasteiger partial charge is 0.129 e. The second-order valence-electron chi connectivity index (χ2n) is 3.85. The molecule has 1 aliphatic rings. The lowest BCUT2D eigenvalue weighted by Gasteiger charge is -2.22. The van der Waals surface area contributed by atoms with Crippen molar-refractivity contribution >= 4 is 37.7 Å². The Bertz CT molecular complexity index is 350. The Morgan fingerprint density at radius 2 is 2.20 bits per heavy atom. The minimum Gasteiger partial charge on any atom is -0.353 e. The van der Waals surface area contributed by atoms with E-state index in [1.54, 1.807) is 0 Å². The summed E-state index contributed by atoms with van der Waals surface area (Å²) in [5.41, 5.74) is 1.06. The summed E-state index contributed by atoms with van der Waals surface area (Å²) in [4.78, 5) is 7.01. The fraction of sp³-hybridized carbons (Fsp3) is 0.545. The molecule has 0 spiro atoms. The number of hydrogen-bond acceptors (Lipinski definition) is 2. The highest BCUT2D eigenvalue weighted by atomic mass is 79.9. The predicted molar refractivity (Wildman–Crippen MR) is 70.8 cm³/mol. The summed E-state index contributed by atoms with van der Waals surface area (Å²) in [7, 11) is 0. The normalized spacial score (nSPS) is 15.4. The van der Waals surface area contributed by atoms with E-state index in [2.05, 4.69) is 53.9 Å². The number of anilines is 1. The van der Waals surface area contributed by atoms with Crippen molar-refractivity contribution in [1.82, 2.24) is 4.98 Å². The van der Waals surface area contributed by atoms with Crippen molar-refractivity contribution in [3.8, 4) is 0 Å². The molecule has 1 saturated carbocycles. The van der Waals surface area contributed by atoms with Gasteiger partial charge in [-0.1, -0.05) is 15.9 Å². The quantitative estimate of drug-likeness (QED) is 0.784. The van der Waals surface area contributed by atoms with Gasteiger partial charge in [-0.05, 0) is 47.8 Å². The standard InChI is InChI=1S/C11H14Br2N2/c1-8-10(13)4-5-11(14-8)15(7-6-12)9-2-3-9/h4-5,9H,2-3,6-7H2,1H3. The molecular weight excluding hydrogens is 320 g/mol. The molecule has 0 bridgehead atoms. The maximum atomic E-state index is 4.61. The molecule has 0 saturated heterocycles. The summed E-state index contributed by atoms with van der Waals surface area (Å²) in [6, 6.07) is 4.90. The molecule has 1 aromatic heterocycles. The van der Waals surface area contributed by atoms with Crippen molar-refractivity contribution in [2.45, 2.75) is 25.8 Å². The van der Waals surface area contributed by atoms with Gasteiger partial charge >= 0.3 is 0 Å². The van der Waals surface area contributed by atoms with Crippen molar-refractivity contribution in [3.63, 3.8) is 0 Å². The first-order chi connectivity index (χ1) is 7.22. The molecule has 0 N–H and O–H groups in total. The average Bonchev–Trinajstić information content (AvgIpc) is 3.02. The molecule has 1 aliphatic carbocycles. The molecule has 0 aliphatic heterocycles. The van der Waals surface area contributed by atoms with Crippen LogP contribution in [0.15, 0.2) is 16.6 Å². The van der Waals surface area contributed by atoms with E-state index < -0.39 is 0 Å². The number of rotatable bonds is 4. The van der Waals surface area contributed by atoms with Crippen molar-refractivity contribution in [2.24, 2.45) is 0 Å². The van der Waals surface area contributed by atoms with Crippen LogP contribution in [0, 0.1) is 6.92 Å². The minimum atomic E-state index is 0.718. The lowest BCUT2D eigenvalue weighted by molar-refractivity contribution is 0.812. The van der Waals surface area contributed by atoms with Gasteiger partial charge in [0.1, 0.15) is 5.82 Å². The van der Waals surface area contributed by atoms with E-state index in [9.17, 15) is 0 Å². The van der Waals surface area contributed by atoms with E-state index in [4.69, 9.17) is 0 Å². The third-order valence-corrected chi connectivity index (χ3v) is 3.81. The average molecular weight is 334 g/mol. The summed E-state index contributed by atoms with van der Waals surface area (Å²) in [5, 5.41) is 1.00. The van der Waals surface area contributed by atoms with Crippen LogP contribution in [0.25, 0.3) is 0 Å². The topological polar surface area (TPSA) is 16.1 Å². The van der Waals surface area contributed by atoms with Gasteiger partial charge < -0.3 is 4.90 Å². The molecule has 1 fully saturated rings. The summed E-state index contributed by atoms with van der Waals surface area (Å²) >= 11 is 6.98. The van der Waals surface area contributed by atoms with E-state index in [0.29, 0.717) is 0 Å². The maximum absolute atomic E-state index is 4.61. The van der Waals surface area contributed by atoms with Gasteiger partial charge in [0.2, 0.25) is 0 Å². The van der Waals surface area contributed by atoms with Crippen LogP contribution in [0.5, 0.6) is 0 Å². The first kappa shape index (κ1) is 11.4. The second-order valence-corrected chi connectivity index (χ2v) is 5.50. The lowest BCUT2D eigenvalue weighted by Crippen LogP contribution is -2.28. The molecule has 1 aromatic rings. The van der Waals surface area contributed by atoms with Crippen molar-refractivity contribution in [3.05, 3.63) is 22.3 Å². The van der Waals surface area contributed by atoms with Gasteiger partial charge in [-0.3, -0.25) is 0 Å². The molecule has 82 valence electrons. The van der Waals surface area contributed by atoms with Crippen LogP contribution >= 0.6 is 31.9 Å². The highest BCUT2D eigenvalue weighted by molar-refractivity contribution is 9.10. The Hall–Kier alpha value is -0.0900. The number of nitrogens with zero attached hydrogens (tertiary/aromatic N) is 2. The summed E-state index contributed by atoms with van der Waals surface area (Å²) in [6.45, 7) is 3.07. The second kappa shape index (κ2) is 4.83. The largest absolute Gasteiger partial charge is 0.353 e. The molecule has 15 heavy (non-hydrogen) atoms. The molecular formula is C11H14Br2N2. The van der Waals surface area contributed by atoms with Gasteiger partial charge in [-0.2, -0.15) is 0 Å². The van der Waals surface area contributed by atoms with Crippen LogP contribution in [-0.4, -0.2) is 22.9 Å². The Morgan fingerprint density at radius 3 is 2.73 bits per heavy atom. The van der Waals surface area contributed by atoms with Crippen LogP contribution in [0.2, 0.25) is 0 Å². The monoisotopic (exact) mass is 332 g/mol. The van der Waals surface area contributed by atoms with Crippen LogP contribution in [0.1, 0.15) is 18.5 Å². The number of halogens is 2. The Balaban J connectivity index is 2.21. The highest BCUT2D eigenvalue weighted by Gasteiger charge is 2.29. The number of pyridine rings is 1. The van der Waals surface area contributed by atoms with E-state index >= 15 is 0 Å². The first-order valence-electron chi connectivity index (χ1n) is 5.18. The van der Waals surface area contributed by atoms with E-state index in [0.717, 1.165) is 33.9 Å². The van der Waals surface area contributed by atoms with E-state index in [-0.39, 0.29) is 0 Å². The summed E-state index contributed by atoms with van der Waals surface area (Å²) < 4.78 is 1.08. The van der Waals surface area contributed by atoms with E-state index in [1.807, 2.05) is 6.92 Å². The minimum absolute atomic E-state index is 0.718. The van der Waals surface area contributed by atoms with Gasteiger partial charge in [0.05, 0.1) is 5.69 Å². The summed E-state index contributed by atoms with van der Waals surface area (Å²) in [6.07, 6.45) is 2.62. The SMILES string of the molecule is Cc1nc(N(CCBr)C2CC2)ccc1Br. The fourth-order valence-corrected chi connectivity index (χ4v) is 2.26. The number of hydrogen-bond donors (Lipinski definition) is 0. The fourth-order valence-electron chi connectivity index (χ4n) is 1.65. The third-order valence-electron chi connectivity index (χ3n) is 2.61. The molecule has 2 nitrogen and oxygen atoms in total. The maximum Gasteiger partial charge on any atom is 0.129 e. The van der Waals surface area contributed by atoms with Crippen molar-refractivity contribution in [2.75, 3.05) is 16.8 Å². The molecule has 0 radical (unpaired) electrons. The molecule has 4 heteroatoms. The highest BCUT2D eigenvalue weighted by Crippen LogP contribution is 2.31. The zero-order chi connectivity index (χ0) is 10.8. The van der Waals surface area contributed by atoms with Gasteiger partial charge in [0.15, 0.2) is 0 Å². The lowest BCUT2D eigenvalue weighted by atomic mass is 10.3. The van der Waals surface area contributed by atoms with Crippen LogP contribution in [-0.2, 0) is 0 Å².